The molecule has 3 atom stereocenters. The number of carbonyl (C=O) groups is 3. The Morgan fingerprint density at radius 2 is 1.89 bits per heavy atom. The summed E-state index contributed by atoms with van der Waals surface area (Å²) in [6.07, 6.45) is 1.59. The molecule has 1 saturated carbocycles. The number of nitrogens with one attached hydrogen (secondary N) is 1. The van der Waals surface area contributed by atoms with E-state index in [1.54, 1.807) is 21.0 Å². The van der Waals surface area contributed by atoms with Gasteiger partial charge in [-0.05, 0) is 19.3 Å². The zero-order valence-corrected chi connectivity index (χ0v) is 11.7. The second-order valence-electron chi connectivity index (χ2n) is 5.28. The monoisotopic (exact) mass is 270 g/mol. The van der Waals surface area contributed by atoms with E-state index in [2.05, 4.69) is 5.32 Å². The van der Waals surface area contributed by atoms with Gasteiger partial charge >= 0.3 is 5.97 Å². The van der Waals surface area contributed by atoms with Gasteiger partial charge in [0.05, 0.1) is 11.8 Å². The highest BCUT2D eigenvalue weighted by atomic mass is 16.4. The van der Waals surface area contributed by atoms with Crippen LogP contribution in [0.2, 0.25) is 0 Å². The molecule has 0 aromatic heterocycles. The van der Waals surface area contributed by atoms with Gasteiger partial charge in [0, 0.05) is 26.6 Å². The second kappa shape index (κ2) is 6.54. The quantitative estimate of drug-likeness (QED) is 0.753. The topological polar surface area (TPSA) is 86.7 Å². The molecule has 1 fully saturated rings. The second-order valence-corrected chi connectivity index (χ2v) is 5.28. The van der Waals surface area contributed by atoms with Crippen molar-refractivity contribution in [3.8, 4) is 0 Å². The Morgan fingerprint density at radius 3 is 2.37 bits per heavy atom. The third kappa shape index (κ3) is 3.94. The van der Waals surface area contributed by atoms with Crippen molar-refractivity contribution in [2.75, 3.05) is 20.6 Å². The van der Waals surface area contributed by atoms with Gasteiger partial charge in [-0.25, -0.2) is 0 Å². The van der Waals surface area contributed by atoms with E-state index in [1.165, 1.54) is 4.90 Å². The van der Waals surface area contributed by atoms with E-state index in [0.717, 1.165) is 0 Å². The molecule has 0 heterocycles. The van der Waals surface area contributed by atoms with Gasteiger partial charge in [-0.2, -0.15) is 0 Å². The first-order valence-corrected chi connectivity index (χ1v) is 6.56. The van der Waals surface area contributed by atoms with Crippen molar-refractivity contribution in [3.05, 3.63) is 0 Å². The Kier molecular flexibility index (Phi) is 5.32. The molecule has 108 valence electrons. The third-order valence-electron chi connectivity index (χ3n) is 3.75. The molecular weight excluding hydrogens is 248 g/mol. The molecule has 6 nitrogen and oxygen atoms in total. The fourth-order valence-electron chi connectivity index (χ4n) is 2.57. The summed E-state index contributed by atoms with van der Waals surface area (Å²) >= 11 is 0. The van der Waals surface area contributed by atoms with E-state index in [1.807, 2.05) is 0 Å². The normalized spacial score (nSPS) is 23.7. The zero-order valence-electron chi connectivity index (χ0n) is 11.7. The highest BCUT2D eigenvalue weighted by molar-refractivity contribution is 5.82. The molecule has 0 spiro atoms. The van der Waals surface area contributed by atoms with E-state index >= 15 is 0 Å². The standard InChI is InChI=1S/C13H22N2O4/c1-8(11(16)14-2)7-15(3)12(17)9-4-5-10(6-9)13(18)19/h8-10H,4-7H2,1-3H3,(H,14,16)(H,18,19). The summed E-state index contributed by atoms with van der Waals surface area (Å²) in [4.78, 5) is 36.0. The van der Waals surface area contributed by atoms with Crippen molar-refractivity contribution in [2.24, 2.45) is 17.8 Å². The van der Waals surface area contributed by atoms with Crippen LogP contribution in [0.15, 0.2) is 0 Å². The SMILES string of the molecule is CNC(=O)C(C)CN(C)C(=O)C1CCC(C(=O)O)C1. The van der Waals surface area contributed by atoms with Crippen LogP contribution in [0.3, 0.4) is 0 Å². The molecule has 2 N–H and O–H groups in total. The van der Waals surface area contributed by atoms with Crippen LogP contribution in [-0.4, -0.2) is 48.4 Å². The van der Waals surface area contributed by atoms with E-state index < -0.39 is 11.9 Å². The first kappa shape index (κ1) is 15.5. The van der Waals surface area contributed by atoms with Crippen LogP contribution in [0.4, 0.5) is 0 Å². The lowest BCUT2D eigenvalue weighted by Gasteiger charge is -2.23. The molecule has 6 heteroatoms. The first-order valence-electron chi connectivity index (χ1n) is 6.56. The fourth-order valence-corrected chi connectivity index (χ4v) is 2.57. The lowest BCUT2D eigenvalue weighted by molar-refractivity contribution is -0.141. The van der Waals surface area contributed by atoms with Crippen molar-refractivity contribution in [1.29, 1.82) is 0 Å². The number of carboxylic acids is 1. The summed E-state index contributed by atoms with van der Waals surface area (Å²) in [5.41, 5.74) is 0. The molecular formula is C13H22N2O4. The van der Waals surface area contributed by atoms with Gasteiger partial charge < -0.3 is 15.3 Å². The largest absolute Gasteiger partial charge is 0.481 e. The highest BCUT2D eigenvalue weighted by Gasteiger charge is 2.35. The van der Waals surface area contributed by atoms with Crippen molar-refractivity contribution >= 4 is 17.8 Å². The summed E-state index contributed by atoms with van der Waals surface area (Å²) in [7, 11) is 3.23. The van der Waals surface area contributed by atoms with E-state index in [-0.39, 0.29) is 23.7 Å². The molecule has 3 unspecified atom stereocenters. The molecule has 0 aliphatic heterocycles. The predicted octanol–water partition coefficient (Wildman–Crippen LogP) is 0.328. The summed E-state index contributed by atoms with van der Waals surface area (Å²) in [6, 6.07) is 0. The Morgan fingerprint density at radius 1 is 1.32 bits per heavy atom. The molecule has 1 rings (SSSR count). The van der Waals surface area contributed by atoms with Gasteiger partial charge in [-0.15, -0.1) is 0 Å². The lowest BCUT2D eigenvalue weighted by atomic mass is 10.0. The van der Waals surface area contributed by atoms with Crippen LogP contribution in [0, 0.1) is 17.8 Å². The number of nitrogens with zero attached hydrogens (tertiary/aromatic N) is 1. The van der Waals surface area contributed by atoms with Crippen molar-refractivity contribution in [3.63, 3.8) is 0 Å². The Bertz CT molecular complexity index is 370. The van der Waals surface area contributed by atoms with E-state index in [9.17, 15) is 14.4 Å². The molecule has 1 aliphatic rings. The van der Waals surface area contributed by atoms with E-state index in [4.69, 9.17) is 5.11 Å². The van der Waals surface area contributed by atoms with Gasteiger partial charge in [-0.3, -0.25) is 14.4 Å². The molecule has 0 radical (unpaired) electrons. The average molecular weight is 270 g/mol. The van der Waals surface area contributed by atoms with Crippen LogP contribution in [0.25, 0.3) is 0 Å². The lowest BCUT2D eigenvalue weighted by Crippen LogP contribution is -2.39. The van der Waals surface area contributed by atoms with Gasteiger partial charge in [0.1, 0.15) is 0 Å². The minimum Gasteiger partial charge on any atom is -0.481 e. The Hall–Kier alpha value is -1.59. The number of hydrogen-bond acceptors (Lipinski definition) is 3. The summed E-state index contributed by atoms with van der Waals surface area (Å²) in [6.45, 7) is 2.12. The van der Waals surface area contributed by atoms with Crippen LogP contribution >= 0.6 is 0 Å². The van der Waals surface area contributed by atoms with Gasteiger partial charge in [0.15, 0.2) is 0 Å². The summed E-state index contributed by atoms with van der Waals surface area (Å²) in [5.74, 6) is -1.87. The number of rotatable bonds is 5. The van der Waals surface area contributed by atoms with Crippen molar-refractivity contribution < 1.29 is 19.5 Å². The first-order chi connectivity index (χ1) is 8.86. The molecule has 0 aromatic carbocycles. The van der Waals surface area contributed by atoms with Crippen molar-refractivity contribution in [2.45, 2.75) is 26.2 Å². The fraction of sp³-hybridized carbons (Fsp3) is 0.769. The van der Waals surface area contributed by atoms with Crippen LogP contribution in [-0.2, 0) is 14.4 Å². The zero-order chi connectivity index (χ0) is 14.6. The van der Waals surface area contributed by atoms with Crippen LogP contribution in [0.1, 0.15) is 26.2 Å². The molecule has 19 heavy (non-hydrogen) atoms. The van der Waals surface area contributed by atoms with Gasteiger partial charge in [0.25, 0.3) is 0 Å². The summed E-state index contributed by atoms with van der Waals surface area (Å²) in [5, 5.41) is 11.5. The van der Waals surface area contributed by atoms with Gasteiger partial charge in [-0.1, -0.05) is 6.92 Å². The van der Waals surface area contributed by atoms with E-state index in [0.29, 0.717) is 25.8 Å². The molecule has 2 amide bonds. The summed E-state index contributed by atoms with van der Waals surface area (Å²) < 4.78 is 0. The maximum Gasteiger partial charge on any atom is 0.306 e. The molecule has 0 saturated heterocycles. The van der Waals surface area contributed by atoms with Crippen LogP contribution < -0.4 is 5.32 Å². The number of aliphatic carboxylic acids is 1. The number of hydrogen-bond donors (Lipinski definition) is 2. The molecule has 1 aliphatic carbocycles. The molecule has 0 aromatic rings. The van der Waals surface area contributed by atoms with Crippen LogP contribution in [0.5, 0.6) is 0 Å². The number of carbonyl (C=O) groups excluding carboxylic acids is 2. The average Bonchev–Trinajstić information content (AvgIpc) is 2.86. The number of carboxylic acid groups (broad SMARTS) is 1. The number of amides is 2. The Labute approximate surface area is 113 Å². The minimum atomic E-state index is -0.823. The maximum atomic E-state index is 12.2. The van der Waals surface area contributed by atoms with Crippen molar-refractivity contribution in [1.82, 2.24) is 10.2 Å². The van der Waals surface area contributed by atoms with Gasteiger partial charge in [0.2, 0.25) is 11.8 Å². The Balaban J connectivity index is 2.49. The minimum absolute atomic E-state index is 0.0560. The molecule has 0 bridgehead atoms. The third-order valence-corrected chi connectivity index (χ3v) is 3.75. The highest BCUT2D eigenvalue weighted by Crippen LogP contribution is 2.32. The smallest absolute Gasteiger partial charge is 0.306 e. The predicted molar refractivity (Wildman–Crippen MR) is 69.3 cm³/mol. The maximum absolute atomic E-state index is 12.2.